The molecule has 0 spiro atoms. The number of nitriles is 1. The van der Waals surface area contributed by atoms with Crippen molar-refractivity contribution in [3.05, 3.63) is 47.0 Å². The molecule has 1 unspecified atom stereocenters. The van der Waals surface area contributed by atoms with E-state index in [1.54, 1.807) is 6.07 Å². The van der Waals surface area contributed by atoms with Gasteiger partial charge >= 0.3 is 6.61 Å². The second-order valence-corrected chi connectivity index (χ2v) is 7.90. The van der Waals surface area contributed by atoms with Gasteiger partial charge in [0, 0.05) is 23.2 Å². The number of anilines is 1. The van der Waals surface area contributed by atoms with Gasteiger partial charge in [-0.2, -0.15) is 19.1 Å². The van der Waals surface area contributed by atoms with Gasteiger partial charge in [-0.25, -0.2) is 23.3 Å². The van der Waals surface area contributed by atoms with Crippen molar-refractivity contribution in [1.29, 1.82) is 5.26 Å². The van der Waals surface area contributed by atoms with E-state index in [0.29, 0.717) is 17.7 Å². The molecule has 8 nitrogen and oxygen atoms in total. The molecule has 1 aliphatic carbocycles. The number of carbonyl (C=O) groups excluding carboxylic acids is 1. The maximum absolute atomic E-state index is 13.1. The second kappa shape index (κ2) is 13.0. The Morgan fingerprint density at radius 2 is 1.81 bits per heavy atom. The van der Waals surface area contributed by atoms with Crippen LogP contribution in [0.4, 0.5) is 23.2 Å². The summed E-state index contributed by atoms with van der Waals surface area (Å²) in [5, 5.41) is 15.7. The molecule has 0 aliphatic heterocycles. The Balaban J connectivity index is 0.00000131. The highest BCUT2D eigenvalue weighted by atomic mass is 19.3. The lowest BCUT2D eigenvalue weighted by molar-refractivity contribution is -0.117. The summed E-state index contributed by atoms with van der Waals surface area (Å²) >= 11 is 0. The standard InChI is InChI=1S/C20H16F4N6O2.2C2H6.CH4/c1-20(2)5-11(12-8-26-14-4-13(16(21)22)29-30(14)15(12)20)17(31)28-10-3-9(6-25)18(27-7-10)32-19(23)24;2*1-2;/h3-4,7-8,11,16,19H,5H2,1-2H3,(H,28,31);2*1-2H3;1H4. The van der Waals surface area contributed by atoms with E-state index in [1.165, 1.54) is 22.8 Å². The molecule has 0 aromatic carbocycles. The molecule has 37 heavy (non-hydrogen) atoms. The van der Waals surface area contributed by atoms with Gasteiger partial charge in [0.25, 0.3) is 6.43 Å². The first kappa shape index (κ1) is 31.3. The summed E-state index contributed by atoms with van der Waals surface area (Å²) in [6.45, 7) is 8.59. The maximum atomic E-state index is 13.1. The van der Waals surface area contributed by atoms with Crippen molar-refractivity contribution in [3.63, 3.8) is 0 Å². The molecule has 3 aromatic heterocycles. The highest BCUT2D eigenvalue weighted by molar-refractivity contribution is 5.96. The van der Waals surface area contributed by atoms with E-state index < -0.39 is 41.9 Å². The number of hydrogen-bond donors (Lipinski definition) is 1. The van der Waals surface area contributed by atoms with E-state index in [9.17, 15) is 22.4 Å². The van der Waals surface area contributed by atoms with E-state index >= 15 is 0 Å². The van der Waals surface area contributed by atoms with Crippen LogP contribution in [0.5, 0.6) is 5.88 Å². The van der Waals surface area contributed by atoms with Crippen molar-refractivity contribution in [2.45, 2.75) is 79.8 Å². The van der Waals surface area contributed by atoms with Crippen LogP contribution in [0.15, 0.2) is 24.5 Å². The summed E-state index contributed by atoms with van der Waals surface area (Å²) in [4.78, 5) is 20.9. The fourth-order valence-electron chi connectivity index (χ4n) is 3.96. The molecular formula is C25H32F4N6O2. The molecule has 0 saturated heterocycles. The van der Waals surface area contributed by atoms with Gasteiger partial charge < -0.3 is 10.1 Å². The molecule has 12 heteroatoms. The quantitative estimate of drug-likeness (QED) is 0.376. The minimum absolute atomic E-state index is 0. The highest BCUT2D eigenvalue weighted by Crippen LogP contribution is 2.46. The second-order valence-electron chi connectivity index (χ2n) is 7.90. The minimum atomic E-state index is -3.15. The van der Waals surface area contributed by atoms with Crippen molar-refractivity contribution in [2.75, 3.05) is 5.32 Å². The van der Waals surface area contributed by atoms with E-state index in [-0.39, 0.29) is 24.3 Å². The van der Waals surface area contributed by atoms with E-state index in [4.69, 9.17) is 5.26 Å². The Bertz CT molecular complexity index is 1250. The van der Waals surface area contributed by atoms with Gasteiger partial charge in [0.15, 0.2) is 5.65 Å². The Morgan fingerprint density at radius 1 is 1.16 bits per heavy atom. The Kier molecular flexibility index (Phi) is 11.0. The van der Waals surface area contributed by atoms with Crippen LogP contribution in [0.3, 0.4) is 0 Å². The molecule has 0 bridgehead atoms. The number of halogens is 4. The third kappa shape index (κ3) is 6.53. The van der Waals surface area contributed by atoms with Crippen molar-refractivity contribution in [1.82, 2.24) is 19.6 Å². The lowest BCUT2D eigenvalue weighted by Crippen LogP contribution is -2.22. The van der Waals surface area contributed by atoms with Gasteiger partial charge in [-0.1, -0.05) is 49.0 Å². The molecule has 0 saturated carbocycles. The van der Waals surface area contributed by atoms with Gasteiger partial charge in [0.1, 0.15) is 17.3 Å². The predicted molar refractivity (Wildman–Crippen MR) is 132 cm³/mol. The molecule has 1 amide bonds. The molecule has 1 aliphatic rings. The molecule has 1 N–H and O–H groups in total. The molecule has 1 atom stereocenters. The summed E-state index contributed by atoms with van der Waals surface area (Å²) in [6.07, 6.45) is 0.166. The summed E-state index contributed by atoms with van der Waals surface area (Å²) in [5.41, 5.74) is 0.263. The first-order chi connectivity index (χ1) is 17.1. The van der Waals surface area contributed by atoms with E-state index in [0.717, 1.165) is 6.20 Å². The topological polar surface area (TPSA) is 105 Å². The van der Waals surface area contributed by atoms with Crippen LogP contribution in [-0.2, 0) is 10.2 Å². The lowest BCUT2D eigenvalue weighted by atomic mass is 9.88. The third-order valence-electron chi connectivity index (χ3n) is 5.24. The van der Waals surface area contributed by atoms with Crippen LogP contribution >= 0.6 is 0 Å². The van der Waals surface area contributed by atoms with Crippen LogP contribution in [0.25, 0.3) is 5.65 Å². The molecule has 0 fully saturated rings. The van der Waals surface area contributed by atoms with Crippen LogP contribution in [0.2, 0.25) is 0 Å². The van der Waals surface area contributed by atoms with Crippen LogP contribution in [0.1, 0.15) is 90.2 Å². The monoisotopic (exact) mass is 524 g/mol. The number of alkyl halides is 4. The fourth-order valence-corrected chi connectivity index (χ4v) is 3.96. The number of pyridine rings is 1. The third-order valence-corrected chi connectivity index (χ3v) is 5.24. The van der Waals surface area contributed by atoms with Gasteiger partial charge in [-0.05, 0) is 12.5 Å². The number of fused-ring (bicyclic) bond motifs is 3. The smallest absolute Gasteiger partial charge is 0.388 e. The maximum Gasteiger partial charge on any atom is 0.388 e. The minimum Gasteiger partial charge on any atom is -0.415 e. The highest BCUT2D eigenvalue weighted by Gasteiger charge is 2.43. The zero-order valence-corrected chi connectivity index (χ0v) is 20.8. The number of aromatic nitrogens is 4. The van der Waals surface area contributed by atoms with Crippen LogP contribution in [0, 0.1) is 11.3 Å². The average Bonchev–Trinajstić information content (AvgIpc) is 3.41. The molecular weight excluding hydrogens is 492 g/mol. The zero-order valence-electron chi connectivity index (χ0n) is 20.8. The zero-order chi connectivity index (χ0) is 27.2. The van der Waals surface area contributed by atoms with E-state index in [2.05, 4.69) is 25.1 Å². The van der Waals surface area contributed by atoms with Crippen molar-refractivity contribution in [2.24, 2.45) is 0 Å². The number of ether oxygens (including phenoxy) is 1. The van der Waals surface area contributed by atoms with Crippen molar-refractivity contribution >= 4 is 17.2 Å². The van der Waals surface area contributed by atoms with E-state index in [1.807, 2.05) is 41.5 Å². The molecule has 3 aromatic rings. The lowest BCUT2D eigenvalue weighted by Gasteiger charge is -2.19. The Morgan fingerprint density at radius 3 is 2.38 bits per heavy atom. The number of nitrogens with zero attached hydrogens (tertiary/aromatic N) is 5. The molecule has 4 rings (SSSR count). The predicted octanol–water partition coefficient (Wildman–Crippen LogP) is 6.63. The molecule has 3 heterocycles. The molecule has 202 valence electrons. The first-order valence-corrected chi connectivity index (χ1v) is 11.4. The van der Waals surface area contributed by atoms with Crippen LogP contribution in [-0.4, -0.2) is 32.1 Å². The number of amides is 1. The van der Waals surface area contributed by atoms with Gasteiger partial charge in [0.2, 0.25) is 11.8 Å². The summed E-state index contributed by atoms with van der Waals surface area (Å²) in [7, 11) is 0. The average molecular weight is 525 g/mol. The summed E-state index contributed by atoms with van der Waals surface area (Å²) < 4.78 is 56.6. The molecule has 0 radical (unpaired) electrons. The van der Waals surface area contributed by atoms with Gasteiger partial charge in [0.05, 0.1) is 23.5 Å². The van der Waals surface area contributed by atoms with Crippen LogP contribution < -0.4 is 10.1 Å². The number of carbonyl (C=O) groups is 1. The summed E-state index contributed by atoms with van der Waals surface area (Å²) in [6, 6.07) is 4.06. The normalized spacial score (nSPS) is 14.9. The number of nitrogens with one attached hydrogen (secondary N) is 1. The van der Waals surface area contributed by atoms with Crippen molar-refractivity contribution < 1.29 is 27.1 Å². The van der Waals surface area contributed by atoms with Gasteiger partial charge in [-0.3, -0.25) is 4.79 Å². The number of hydrogen-bond acceptors (Lipinski definition) is 6. The van der Waals surface area contributed by atoms with Crippen molar-refractivity contribution in [3.8, 4) is 11.9 Å². The number of rotatable bonds is 5. The summed E-state index contributed by atoms with van der Waals surface area (Å²) in [5.74, 6) is -1.68. The Hall–Kier alpha value is -3.75. The SMILES string of the molecule is C.CC.CC.CC1(C)CC(C(=O)Nc2cnc(OC(F)F)c(C#N)c2)c2cnc3cc(C(F)F)nn3c21. The van der Waals surface area contributed by atoms with Gasteiger partial charge in [-0.15, -0.1) is 0 Å². The first-order valence-electron chi connectivity index (χ1n) is 11.4. The Labute approximate surface area is 213 Å². The fraction of sp³-hybridized carbons (Fsp3) is 0.480. The largest absolute Gasteiger partial charge is 0.415 e.